The Bertz CT molecular complexity index is 1110. The van der Waals surface area contributed by atoms with E-state index in [-0.39, 0.29) is 13.2 Å². The highest BCUT2D eigenvalue weighted by Gasteiger charge is 2.39. The molecule has 0 heterocycles. The smallest absolute Gasteiger partial charge is 0.494 e. The summed E-state index contributed by atoms with van der Waals surface area (Å²) >= 11 is 0. The Morgan fingerprint density at radius 1 is 0.727 bits per heavy atom. The predicted molar refractivity (Wildman–Crippen MR) is 177 cm³/mol. The highest BCUT2D eigenvalue weighted by Crippen LogP contribution is 2.23. The molecule has 0 aliphatic rings. The molecule has 0 aliphatic heterocycles. The van der Waals surface area contributed by atoms with Crippen molar-refractivity contribution in [3.05, 3.63) is 48.0 Å². The van der Waals surface area contributed by atoms with Gasteiger partial charge in [-0.05, 0) is 87.1 Å². The predicted octanol–water partition coefficient (Wildman–Crippen LogP) is 7.69. The second-order valence-corrected chi connectivity index (χ2v) is 13.1. The van der Waals surface area contributed by atoms with Gasteiger partial charge in [0.2, 0.25) is 0 Å². The van der Waals surface area contributed by atoms with E-state index in [9.17, 15) is 9.59 Å². The summed E-state index contributed by atoms with van der Waals surface area (Å²) in [5, 5.41) is 4.92. The van der Waals surface area contributed by atoms with Crippen molar-refractivity contribution in [3.8, 4) is 5.75 Å². The molecule has 0 bridgehead atoms. The van der Waals surface area contributed by atoms with E-state index in [0.717, 1.165) is 35.1 Å². The average Bonchev–Trinajstić information content (AvgIpc) is 3.02. The molecule has 2 aromatic carbocycles. The zero-order chi connectivity index (χ0) is 31.9. The van der Waals surface area contributed by atoms with E-state index in [4.69, 9.17) is 27.5 Å². The minimum Gasteiger partial charge on any atom is -0.494 e. The molecule has 0 aliphatic carbocycles. The summed E-state index contributed by atoms with van der Waals surface area (Å²) in [5.74, 6) is 0.477. The number of alkyl carbamates (subject to hydrolysis) is 1. The number of ether oxygens (including phenoxy) is 3. The molecule has 246 valence electrons. The molecular formula is C34H53NO8Si. The second kappa shape index (κ2) is 22.6. The van der Waals surface area contributed by atoms with Crippen LogP contribution in [-0.2, 0) is 27.5 Å². The summed E-state index contributed by atoms with van der Waals surface area (Å²) in [7, 11) is -2.71. The van der Waals surface area contributed by atoms with Gasteiger partial charge < -0.3 is 32.8 Å². The molecule has 10 heteroatoms. The van der Waals surface area contributed by atoms with E-state index in [1.165, 1.54) is 31.8 Å². The highest BCUT2D eigenvalue weighted by molar-refractivity contribution is 6.60. The topological polar surface area (TPSA) is 102 Å². The fourth-order valence-corrected chi connectivity index (χ4v) is 7.25. The van der Waals surface area contributed by atoms with E-state index in [2.05, 4.69) is 18.3 Å². The molecule has 0 atom stereocenters. The van der Waals surface area contributed by atoms with E-state index >= 15 is 0 Å². The van der Waals surface area contributed by atoms with Crippen LogP contribution >= 0.6 is 0 Å². The number of rotatable bonds is 24. The highest BCUT2D eigenvalue weighted by atomic mass is 28.4. The summed E-state index contributed by atoms with van der Waals surface area (Å²) in [4.78, 5) is 24.1. The van der Waals surface area contributed by atoms with Crippen molar-refractivity contribution in [2.75, 3.05) is 46.2 Å². The van der Waals surface area contributed by atoms with Gasteiger partial charge in [0.15, 0.2) is 0 Å². The van der Waals surface area contributed by atoms with Crippen molar-refractivity contribution >= 4 is 37.7 Å². The van der Waals surface area contributed by atoms with Crippen molar-refractivity contribution in [2.24, 2.45) is 0 Å². The van der Waals surface area contributed by atoms with Crippen LogP contribution in [0, 0.1) is 0 Å². The summed E-state index contributed by atoms with van der Waals surface area (Å²) in [6.07, 6.45) is 10.6. The Balaban J connectivity index is 1.60. The quantitative estimate of drug-likeness (QED) is 0.0545. The van der Waals surface area contributed by atoms with Crippen molar-refractivity contribution in [2.45, 2.75) is 85.1 Å². The van der Waals surface area contributed by atoms with E-state index in [1.54, 1.807) is 6.08 Å². The van der Waals surface area contributed by atoms with E-state index in [0.29, 0.717) is 51.7 Å². The molecule has 1 N–H and O–H groups in total. The first-order chi connectivity index (χ1) is 21.4. The van der Waals surface area contributed by atoms with Crippen LogP contribution in [0.3, 0.4) is 0 Å². The molecule has 0 fully saturated rings. The third kappa shape index (κ3) is 15.2. The van der Waals surface area contributed by atoms with E-state index < -0.39 is 20.9 Å². The number of hydrogen-bond acceptors (Lipinski definition) is 8. The van der Waals surface area contributed by atoms with Crippen LogP contribution in [0.15, 0.2) is 42.5 Å². The lowest BCUT2D eigenvalue weighted by Gasteiger charge is -2.28. The number of benzene rings is 2. The van der Waals surface area contributed by atoms with Crippen molar-refractivity contribution in [1.82, 2.24) is 5.32 Å². The summed E-state index contributed by atoms with van der Waals surface area (Å²) in [6.45, 7) is 11.2. The van der Waals surface area contributed by atoms with Crippen LogP contribution in [0.2, 0.25) is 6.04 Å². The first-order valence-corrected chi connectivity index (χ1v) is 18.2. The molecule has 0 radical (unpaired) electrons. The van der Waals surface area contributed by atoms with Gasteiger partial charge >= 0.3 is 20.9 Å². The van der Waals surface area contributed by atoms with Crippen LogP contribution in [0.4, 0.5) is 4.79 Å². The first kappa shape index (κ1) is 37.3. The van der Waals surface area contributed by atoms with Gasteiger partial charge in [-0.15, -0.1) is 0 Å². The monoisotopic (exact) mass is 631 g/mol. The number of amides is 1. The van der Waals surface area contributed by atoms with Crippen LogP contribution < -0.4 is 10.1 Å². The molecule has 1 amide bonds. The van der Waals surface area contributed by atoms with Crippen molar-refractivity contribution < 1.29 is 37.1 Å². The number of esters is 1. The Labute approximate surface area is 264 Å². The van der Waals surface area contributed by atoms with Crippen LogP contribution in [0.5, 0.6) is 5.75 Å². The van der Waals surface area contributed by atoms with Gasteiger partial charge in [-0.1, -0.05) is 50.8 Å². The molecule has 0 saturated carbocycles. The number of hydrogen-bond donors (Lipinski definition) is 1. The maximum atomic E-state index is 12.1. The minimum absolute atomic E-state index is 0.248. The van der Waals surface area contributed by atoms with Crippen LogP contribution in [0.1, 0.15) is 84.6 Å². The average molecular weight is 632 g/mol. The molecule has 9 nitrogen and oxygen atoms in total. The Morgan fingerprint density at radius 2 is 1.36 bits per heavy atom. The third-order valence-corrected chi connectivity index (χ3v) is 9.95. The lowest BCUT2D eigenvalue weighted by Crippen LogP contribution is -2.46. The number of carbonyl (C=O) groups excluding carboxylic acids is 2. The number of carbonyl (C=O) groups is 2. The summed E-state index contributed by atoms with van der Waals surface area (Å²) in [6, 6.07) is 12.7. The maximum Gasteiger partial charge on any atom is 0.500 e. The number of nitrogens with one attached hydrogen (secondary N) is 1. The van der Waals surface area contributed by atoms with Gasteiger partial charge in [0.25, 0.3) is 0 Å². The van der Waals surface area contributed by atoms with Gasteiger partial charge in [-0.2, -0.15) is 0 Å². The Morgan fingerprint density at radius 3 is 2.07 bits per heavy atom. The standard InChI is InChI=1S/C34H53NO8Si/c1-5-9-10-11-12-23-38-32-20-19-30-27-29(16-18-31(30)28-32)17-21-33(36)39-24-13-14-25-40-34(37)35-22-15-26-44(41-6-2,42-7-3)43-8-4/h16-21,27-28H,5-15,22-26H2,1-4H3,(H,35,37)/b21-17+. The molecule has 0 saturated heterocycles. The number of fused-ring (bicyclic) bond motifs is 1. The van der Waals surface area contributed by atoms with Crippen molar-refractivity contribution in [3.63, 3.8) is 0 Å². The molecule has 44 heavy (non-hydrogen) atoms. The fourth-order valence-electron chi connectivity index (χ4n) is 4.63. The molecule has 0 spiro atoms. The van der Waals surface area contributed by atoms with Gasteiger partial charge in [0.1, 0.15) is 5.75 Å². The normalized spacial score (nSPS) is 11.6. The molecule has 0 aromatic heterocycles. The van der Waals surface area contributed by atoms with Gasteiger partial charge in [0.05, 0.1) is 19.8 Å². The SMILES string of the molecule is CCCCCCCOc1ccc2cc(/C=C/C(=O)OCCCCOC(=O)NCCC[Si](OCC)(OCC)OCC)ccc2c1. The molecule has 2 aromatic rings. The Hall–Kier alpha value is -2.92. The lowest BCUT2D eigenvalue weighted by molar-refractivity contribution is -0.137. The number of unbranched alkanes of at least 4 members (excludes halogenated alkanes) is 5. The van der Waals surface area contributed by atoms with Crippen molar-refractivity contribution in [1.29, 1.82) is 0 Å². The fraction of sp³-hybridized carbons (Fsp3) is 0.588. The third-order valence-electron chi connectivity index (χ3n) is 6.80. The van der Waals surface area contributed by atoms with Gasteiger partial charge in [-0.25, -0.2) is 9.59 Å². The zero-order valence-electron chi connectivity index (χ0n) is 27.2. The molecular weight excluding hydrogens is 578 g/mol. The molecule has 0 unspecified atom stereocenters. The Kier molecular flexibility index (Phi) is 19.1. The summed E-state index contributed by atoms with van der Waals surface area (Å²) < 4.78 is 33.9. The minimum atomic E-state index is -2.71. The van der Waals surface area contributed by atoms with Gasteiger partial charge in [0, 0.05) is 38.5 Å². The van der Waals surface area contributed by atoms with E-state index in [1.807, 2.05) is 51.1 Å². The van der Waals surface area contributed by atoms with Gasteiger partial charge in [-0.3, -0.25) is 0 Å². The van der Waals surface area contributed by atoms with Crippen LogP contribution in [-0.4, -0.2) is 67.1 Å². The molecule has 2 rings (SSSR count). The second-order valence-electron chi connectivity index (χ2n) is 10.4. The summed E-state index contributed by atoms with van der Waals surface area (Å²) in [5.41, 5.74) is 0.917. The van der Waals surface area contributed by atoms with Crippen LogP contribution in [0.25, 0.3) is 16.8 Å². The largest absolute Gasteiger partial charge is 0.500 e. The first-order valence-electron chi connectivity index (χ1n) is 16.3. The zero-order valence-corrected chi connectivity index (χ0v) is 28.2. The lowest BCUT2D eigenvalue weighted by atomic mass is 10.1. The maximum absolute atomic E-state index is 12.1.